The van der Waals surface area contributed by atoms with Crippen LogP contribution in [0.15, 0.2) is 134 Å². The van der Waals surface area contributed by atoms with Crippen LogP contribution in [0.2, 0.25) is 0 Å². The molecule has 6 nitrogen and oxygen atoms in total. The van der Waals surface area contributed by atoms with Gasteiger partial charge in [0.1, 0.15) is 13.2 Å². The first-order chi connectivity index (χ1) is 39.5. The highest BCUT2D eigenvalue weighted by molar-refractivity contribution is 5.71. The Morgan fingerprint density at radius 1 is 0.263 bits per heavy atom. The molecular weight excluding hydrogens is 985 g/mol. The van der Waals surface area contributed by atoms with Crippen LogP contribution in [-0.4, -0.2) is 37.2 Å². The van der Waals surface area contributed by atoms with Crippen LogP contribution in [0.25, 0.3) is 0 Å². The van der Waals surface area contributed by atoms with Crippen molar-refractivity contribution in [1.29, 1.82) is 0 Å². The van der Waals surface area contributed by atoms with Crippen LogP contribution < -0.4 is 0 Å². The van der Waals surface area contributed by atoms with Crippen molar-refractivity contribution >= 4 is 17.9 Å². The van der Waals surface area contributed by atoms with Crippen LogP contribution in [0.3, 0.4) is 0 Å². The number of carbonyl (C=O) groups is 3. The van der Waals surface area contributed by atoms with Crippen LogP contribution in [0, 0.1) is 0 Å². The summed E-state index contributed by atoms with van der Waals surface area (Å²) in [5, 5.41) is 0. The predicted molar refractivity (Wildman–Crippen MR) is 348 cm³/mol. The fourth-order valence-electron chi connectivity index (χ4n) is 8.89. The number of carbonyl (C=O) groups excluding carboxylic acids is 3. The molecule has 0 rings (SSSR count). The highest BCUT2D eigenvalue weighted by Crippen LogP contribution is 2.15. The summed E-state index contributed by atoms with van der Waals surface area (Å²) in [6.07, 6.45) is 94.5. The standard InChI is InChI=1S/C74H122O6/c1-4-7-10-13-16-19-22-25-28-31-34-36-37-39-40-43-46-49-52-55-58-61-64-67-73(76)79-70-71(69-78-72(75)66-63-60-57-54-51-48-45-42-33-30-27-24-21-18-15-12-9-6-3)80-74(77)68-65-62-59-56-53-50-47-44-41-38-35-32-29-26-23-20-17-14-11-8-5-2/h7,10,16,19,21,23-26,28,30,32-36,39-41,44,46,49,71H,4-6,8-9,11-15,17-18,20,22,27,29,31,37-38,42-43,45,47-48,50-70H2,1-3H3/b10-7-,19-16-,24-21-,26-23-,28-25-,33-30-,35-32-,36-34-,40-39-,44-41-,49-46-. The Balaban J connectivity index is 4.50. The zero-order valence-corrected chi connectivity index (χ0v) is 52.0. The maximum Gasteiger partial charge on any atom is 0.306 e. The van der Waals surface area contributed by atoms with Crippen LogP contribution >= 0.6 is 0 Å². The molecular formula is C74H122O6. The second-order valence-electron chi connectivity index (χ2n) is 21.6. The lowest BCUT2D eigenvalue weighted by molar-refractivity contribution is -0.167. The normalized spacial score (nSPS) is 13.0. The maximum atomic E-state index is 12.9. The fraction of sp³-hybridized carbons (Fsp3) is 0.662. The fourth-order valence-corrected chi connectivity index (χ4v) is 8.89. The molecule has 80 heavy (non-hydrogen) atoms. The lowest BCUT2D eigenvalue weighted by atomic mass is 10.1. The minimum atomic E-state index is -0.807. The molecule has 0 aliphatic carbocycles. The average Bonchev–Trinajstić information content (AvgIpc) is 3.46. The number of allylic oxidation sites excluding steroid dienone is 22. The summed E-state index contributed by atoms with van der Waals surface area (Å²) >= 11 is 0. The molecule has 0 aliphatic rings. The van der Waals surface area contributed by atoms with Crippen molar-refractivity contribution in [2.45, 2.75) is 303 Å². The van der Waals surface area contributed by atoms with E-state index in [9.17, 15) is 14.4 Å². The van der Waals surface area contributed by atoms with E-state index < -0.39 is 6.10 Å². The number of hydrogen-bond donors (Lipinski definition) is 0. The van der Waals surface area contributed by atoms with Gasteiger partial charge in [0.2, 0.25) is 0 Å². The van der Waals surface area contributed by atoms with Gasteiger partial charge in [-0.2, -0.15) is 0 Å². The van der Waals surface area contributed by atoms with Crippen LogP contribution in [0.5, 0.6) is 0 Å². The maximum absolute atomic E-state index is 12.9. The van der Waals surface area contributed by atoms with Gasteiger partial charge in [-0.1, -0.05) is 270 Å². The van der Waals surface area contributed by atoms with Crippen LogP contribution in [0.1, 0.15) is 297 Å². The molecule has 1 unspecified atom stereocenters. The molecule has 0 saturated carbocycles. The van der Waals surface area contributed by atoms with E-state index in [4.69, 9.17) is 14.2 Å². The zero-order chi connectivity index (χ0) is 57.8. The van der Waals surface area contributed by atoms with Crippen molar-refractivity contribution in [3.8, 4) is 0 Å². The zero-order valence-electron chi connectivity index (χ0n) is 52.0. The van der Waals surface area contributed by atoms with Gasteiger partial charge in [-0.15, -0.1) is 0 Å². The van der Waals surface area contributed by atoms with Crippen molar-refractivity contribution in [3.05, 3.63) is 134 Å². The Labute approximate surface area is 494 Å². The molecule has 0 bridgehead atoms. The third-order valence-corrected chi connectivity index (χ3v) is 13.9. The lowest BCUT2D eigenvalue weighted by Gasteiger charge is -2.18. The first-order valence-electron chi connectivity index (χ1n) is 33.2. The minimum absolute atomic E-state index is 0.0996. The van der Waals surface area contributed by atoms with E-state index in [2.05, 4.69) is 154 Å². The van der Waals surface area contributed by atoms with Crippen molar-refractivity contribution in [3.63, 3.8) is 0 Å². The van der Waals surface area contributed by atoms with Gasteiger partial charge in [-0.05, 0) is 141 Å². The van der Waals surface area contributed by atoms with Crippen molar-refractivity contribution in [1.82, 2.24) is 0 Å². The summed E-state index contributed by atoms with van der Waals surface area (Å²) in [4.78, 5) is 38.4. The smallest absolute Gasteiger partial charge is 0.306 e. The van der Waals surface area contributed by atoms with E-state index in [0.29, 0.717) is 19.3 Å². The summed E-state index contributed by atoms with van der Waals surface area (Å²) in [7, 11) is 0. The summed E-state index contributed by atoms with van der Waals surface area (Å²) in [5.74, 6) is -0.941. The molecule has 454 valence electrons. The summed E-state index contributed by atoms with van der Waals surface area (Å²) in [6.45, 7) is 6.47. The van der Waals surface area contributed by atoms with Gasteiger partial charge >= 0.3 is 17.9 Å². The largest absolute Gasteiger partial charge is 0.462 e. The number of hydrogen-bond acceptors (Lipinski definition) is 6. The minimum Gasteiger partial charge on any atom is -0.462 e. The highest BCUT2D eigenvalue weighted by Gasteiger charge is 2.19. The summed E-state index contributed by atoms with van der Waals surface area (Å²) in [5.41, 5.74) is 0. The van der Waals surface area contributed by atoms with Crippen molar-refractivity contribution in [2.24, 2.45) is 0 Å². The molecule has 0 aromatic carbocycles. The van der Waals surface area contributed by atoms with Gasteiger partial charge in [0, 0.05) is 19.3 Å². The molecule has 0 saturated heterocycles. The van der Waals surface area contributed by atoms with Gasteiger partial charge in [0.05, 0.1) is 0 Å². The second-order valence-corrected chi connectivity index (χ2v) is 21.6. The molecule has 1 atom stereocenters. The van der Waals surface area contributed by atoms with E-state index >= 15 is 0 Å². The molecule has 0 heterocycles. The molecule has 0 radical (unpaired) electrons. The average molecular weight is 1110 g/mol. The van der Waals surface area contributed by atoms with Gasteiger partial charge < -0.3 is 14.2 Å². The monoisotopic (exact) mass is 1110 g/mol. The molecule has 0 amide bonds. The molecule has 0 fully saturated rings. The van der Waals surface area contributed by atoms with E-state index in [1.807, 2.05) is 0 Å². The molecule has 0 aromatic heterocycles. The van der Waals surface area contributed by atoms with Gasteiger partial charge in [-0.3, -0.25) is 14.4 Å². The highest BCUT2D eigenvalue weighted by atomic mass is 16.6. The Kier molecular flexibility index (Phi) is 63.3. The quantitative estimate of drug-likeness (QED) is 0.0261. The Hall–Kier alpha value is -4.45. The molecule has 6 heteroatoms. The van der Waals surface area contributed by atoms with E-state index in [1.165, 1.54) is 109 Å². The molecule has 0 spiro atoms. The van der Waals surface area contributed by atoms with E-state index in [-0.39, 0.29) is 31.1 Å². The van der Waals surface area contributed by atoms with E-state index in [1.54, 1.807) is 0 Å². The number of esters is 3. The Bertz CT molecular complexity index is 1700. The lowest BCUT2D eigenvalue weighted by Crippen LogP contribution is -2.30. The van der Waals surface area contributed by atoms with Gasteiger partial charge in [-0.25, -0.2) is 0 Å². The summed E-state index contributed by atoms with van der Waals surface area (Å²) < 4.78 is 16.9. The topological polar surface area (TPSA) is 78.9 Å². The first kappa shape index (κ1) is 75.5. The Morgan fingerprint density at radius 2 is 0.487 bits per heavy atom. The number of rotatable bonds is 59. The Morgan fingerprint density at radius 3 is 0.775 bits per heavy atom. The predicted octanol–water partition coefficient (Wildman–Crippen LogP) is 22.9. The molecule has 0 N–H and O–H groups in total. The van der Waals surface area contributed by atoms with Crippen molar-refractivity contribution < 1.29 is 28.6 Å². The van der Waals surface area contributed by atoms with Gasteiger partial charge in [0.15, 0.2) is 6.10 Å². The van der Waals surface area contributed by atoms with Crippen LogP contribution in [-0.2, 0) is 28.6 Å². The third kappa shape index (κ3) is 64.4. The first-order valence-corrected chi connectivity index (χ1v) is 33.2. The van der Waals surface area contributed by atoms with Crippen molar-refractivity contribution in [2.75, 3.05) is 13.2 Å². The molecule has 0 aliphatic heterocycles. The second kappa shape index (κ2) is 67.1. The summed E-state index contributed by atoms with van der Waals surface area (Å²) in [6, 6.07) is 0. The number of ether oxygens (including phenoxy) is 3. The van der Waals surface area contributed by atoms with Gasteiger partial charge in [0.25, 0.3) is 0 Å². The SMILES string of the molecule is CC/C=C\C/C=C\C/C=C\C/C=C\C/C=C\C/C=C\CCCCCCC(=O)OCC(COC(=O)CCCCCCCCC/C=C\C/C=C\CCCCCC)OC(=O)CCCCCCCC/C=C\C/C=C\C/C=C\CCCCCCC. The number of unbranched alkanes of at least 4 members (excludes halogenated alkanes) is 26. The van der Waals surface area contributed by atoms with Crippen LogP contribution in [0.4, 0.5) is 0 Å². The third-order valence-electron chi connectivity index (χ3n) is 13.9. The molecule has 0 aromatic rings. The van der Waals surface area contributed by atoms with E-state index in [0.717, 1.165) is 148 Å².